The molecule has 3 rings (SSSR count). The fourth-order valence-corrected chi connectivity index (χ4v) is 2.95. The molecule has 0 fully saturated rings. The summed E-state index contributed by atoms with van der Waals surface area (Å²) >= 11 is 6.07. The number of benzene rings is 1. The lowest BCUT2D eigenvalue weighted by Crippen LogP contribution is -2.40. The first-order valence-electron chi connectivity index (χ1n) is 7.55. The van der Waals surface area contributed by atoms with Gasteiger partial charge in [0.2, 0.25) is 0 Å². The van der Waals surface area contributed by atoms with Gasteiger partial charge in [0.1, 0.15) is 12.3 Å². The highest BCUT2D eigenvalue weighted by atomic mass is 35.5. The molecule has 7 heteroatoms. The number of pyridine rings is 1. The van der Waals surface area contributed by atoms with E-state index in [2.05, 4.69) is 0 Å². The maximum Gasteiger partial charge on any atom is 0.354 e. The molecule has 0 atom stereocenters. The summed E-state index contributed by atoms with van der Waals surface area (Å²) < 4.78 is 8.27. The summed E-state index contributed by atoms with van der Waals surface area (Å²) in [6.07, 6.45) is 1.80. The number of hydrogen-bond acceptors (Lipinski definition) is 4. The van der Waals surface area contributed by atoms with Gasteiger partial charge in [0.15, 0.2) is 5.56 Å². The summed E-state index contributed by atoms with van der Waals surface area (Å²) in [5.74, 6) is 0.187. The number of ether oxygens (including phenoxy) is 1. The molecule has 0 radical (unpaired) electrons. The lowest BCUT2D eigenvalue weighted by Gasteiger charge is -2.11. The van der Waals surface area contributed by atoms with Crippen molar-refractivity contribution >= 4 is 17.2 Å². The normalized spacial score (nSPS) is 10.6. The maximum atomic E-state index is 13.0. The van der Waals surface area contributed by atoms with Crippen molar-refractivity contribution in [3.8, 4) is 28.8 Å². The minimum atomic E-state index is -0.401. The Kier molecular flexibility index (Phi) is 4.59. The molecule has 3 aromatic rings. The van der Waals surface area contributed by atoms with Gasteiger partial charge in [-0.2, -0.15) is 14.2 Å². The molecule has 0 saturated carbocycles. The van der Waals surface area contributed by atoms with Crippen LogP contribution in [0.4, 0.5) is 0 Å². The number of methoxy groups -OCH3 is 1. The zero-order valence-electron chi connectivity index (χ0n) is 13.4. The van der Waals surface area contributed by atoms with Crippen molar-refractivity contribution in [3.05, 3.63) is 58.0 Å². The van der Waals surface area contributed by atoms with E-state index in [0.717, 1.165) is 0 Å². The third-order valence-corrected chi connectivity index (χ3v) is 4.14. The standard InChI is InChI=1S/C18H14ClN3O3/c1-25-14-7-6-12(19)11-13(14)16-17(23)21-9-3-2-5-15(21)22(18(16)24)10-4-8-20/h2-3,5-7,9,11H,4,10H2,1H3/p+1. The van der Waals surface area contributed by atoms with E-state index in [1.54, 1.807) is 42.6 Å². The topological polar surface area (TPSA) is 78.6 Å². The van der Waals surface area contributed by atoms with Crippen LogP contribution in [0.1, 0.15) is 6.42 Å². The van der Waals surface area contributed by atoms with Crippen molar-refractivity contribution in [1.82, 2.24) is 4.40 Å². The van der Waals surface area contributed by atoms with Gasteiger partial charge in [-0.15, -0.1) is 0 Å². The molecule has 25 heavy (non-hydrogen) atoms. The summed E-state index contributed by atoms with van der Waals surface area (Å²) in [7, 11) is 1.48. The van der Waals surface area contributed by atoms with Gasteiger partial charge < -0.3 is 9.84 Å². The quantitative estimate of drug-likeness (QED) is 0.729. The Balaban J connectivity index is 2.42. The van der Waals surface area contributed by atoms with Crippen molar-refractivity contribution in [2.75, 3.05) is 7.11 Å². The van der Waals surface area contributed by atoms with E-state index >= 15 is 0 Å². The predicted octanol–water partition coefficient (Wildman–Crippen LogP) is 2.54. The third kappa shape index (κ3) is 2.90. The van der Waals surface area contributed by atoms with Gasteiger partial charge in [0.25, 0.3) is 11.5 Å². The number of aromatic nitrogens is 2. The second-order valence-corrected chi connectivity index (χ2v) is 5.77. The van der Waals surface area contributed by atoms with Crippen LogP contribution in [0.5, 0.6) is 11.6 Å². The molecule has 6 nitrogen and oxygen atoms in total. The Labute approximate surface area is 148 Å². The van der Waals surface area contributed by atoms with Crippen molar-refractivity contribution in [2.45, 2.75) is 13.0 Å². The minimum Gasteiger partial charge on any atom is -0.496 e. The van der Waals surface area contributed by atoms with Gasteiger partial charge >= 0.3 is 5.56 Å². The second-order valence-electron chi connectivity index (χ2n) is 5.34. The van der Waals surface area contributed by atoms with E-state index in [1.807, 2.05) is 6.07 Å². The highest BCUT2D eigenvalue weighted by molar-refractivity contribution is 6.31. The first-order chi connectivity index (χ1) is 12.1. The summed E-state index contributed by atoms with van der Waals surface area (Å²) in [4.78, 5) is 13.0. The Morgan fingerprint density at radius 2 is 2.16 bits per heavy atom. The maximum absolute atomic E-state index is 13.0. The van der Waals surface area contributed by atoms with Crippen LogP contribution < -0.4 is 14.9 Å². The van der Waals surface area contributed by atoms with Gasteiger partial charge in [-0.05, 0) is 24.3 Å². The SMILES string of the molecule is COc1ccc(Cl)cc1-c1c(O)[n+](CCC#N)c2ccccn2c1=O. The van der Waals surface area contributed by atoms with Crippen LogP contribution in [0.25, 0.3) is 16.8 Å². The second kappa shape index (κ2) is 6.83. The fraction of sp³-hybridized carbons (Fsp3) is 0.167. The number of hydrogen-bond donors (Lipinski definition) is 1. The van der Waals surface area contributed by atoms with Gasteiger partial charge in [-0.3, -0.25) is 0 Å². The van der Waals surface area contributed by atoms with E-state index in [9.17, 15) is 9.90 Å². The van der Waals surface area contributed by atoms with E-state index in [1.165, 1.54) is 16.1 Å². The summed E-state index contributed by atoms with van der Waals surface area (Å²) in [5.41, 5.74) is 0.550. The third-order valence-electron chi connectivity index (χ3n) is 3.90. The molecule has 1 N–H and O–H groups in total. The number of halogens is 1. The number of rotatable bonds is 4. The lowest BCUT2D eigenvalue weighted by molar-refractivity contribution is -0.679. The molecular weight excluding hydrogens is 342 g/mol. The average molecular weight is 357 g/mol. The smallest absolute Gasteiger partial charge is 0.354 e. The Morgan fingerprint density at radius 3 is 2.88 bits per heavy atom. The Morgan fingerprint density at radius 1 is 1.36 bits per heavy atom. The predicted molar refractivity (Wildman–Crippen MR) is 92.8 cm³/mol. The van der Waals surface area contributed by atoms with Crippen LogP contribution in [0, 0.1) is 11.3 Å². The van der Waals surface area contributed by atoms with E-state index in [-0.39, 0.29) is 24.4 Å². The van der Waals surface area contributed by atoms with Crippen LogP contribution in [-0.4, -0.2) is 16.6 Å². The van der Waals surface area contributed by atoms with Crippen LogP contribution in [0.3, 0.4) is 0 Å². The van der Waals surface area contributed by atoms with Crippen LogP contribution in [-0.2, 0) is 6.54 Å². The van der Waals surface area contributed by atoms with E-state index in [0.29, 0.717) is 22.0 Å². The summed E-state index contributed by atoms with van der Waals surface area (Å²) in [5, 5.41) is 20.1. The van der Waals surface area contributed by atoms with E-state index < -0.39 is 5.56 Å². The minimum absolute atomic E-state index is 0.0704. The van der Waals surface area contributed by atoms with Gasteiger partial charge in [0, 0.05) is 16.7 Å². The highest BCUT2D eigenvalue weighted by Gasteiger charge is 2.26. The van der Waals surface area contributed by atoms with Gasteiger partial charge in [-0.25, -0.2) is 4.79 Å². The molecule has 126 valence electrons. The molecular formula is C18H15ClN3O3+. The number of nitrogens with zero attached hydrogens (tertiary/aromatic N) is 3. The molecule has 0 spiro atoms. The molecule has 2 aromatic heterocycles. The first-order valence-corrected chi connectivity index (χ1v) is 7.93. The molecule has 0 bridgehead atoms. The number of aryl methyl sites for hydroxylation is 1. The number of fused-ring (bicyclic) bond motifs is 1. The number of aromatic hydroxyl groups is 1. The first kappa shape index (κ1) is 16.8. The molecule has 1 aromatic carbocycles. The molecule has 2 heterocycles. The van der Waals surface area contributed by atoms with Crippen molar-refractivity contribution < 1.29 is 14.4 Å². The molecule has 0 unspecified atom stereocenters. The number of nitriles is 1. The molecule has 0 aliphatic rings. The largest absolute Gasteiger partial charge is 0.496 e. The molecule has 0 aliphatic heterocycles. The Bertz CT molecular complexity index is 1050. The van der Waals surface area contributed by atoms with Crippen LogP contribution in [0.2, 0.25) is 5.02 Å². The van der Waals surface area contributed by atoms with Crippen LogP contribution >= 0.6 is 11.6 Å². The van der Waals surface area contributed by atoms with Gasteiger partial charge in [-0.1, -0.05) is 17.7 Å². The average Bonchev–Trinajstić information content (AvgIpc) is 2.62. The molecule has 0 saturated heterocycles. The zero-order valence-corrected chi connectivity index (χ0v) is 14.2. The van der Waals surface area contributed by atoms with Crippen molar-refractivity contribution in [2.24, 2.45) is 0 Å². The van der Waals surface area contributed by atoms with Crippen molar-refractivity contribution in [3.63, 3.8) is 0 Å². The highest BCUT2D eigenvalue weighted by Crippen LogP contribution is 2.34. The fourth-order valence-electron chi connectivity index (χ4n) is 2.78. The molecule has 0 aliphatic carbocycles. The van der Waals surface area contributed by atoms with Gasteiger partial charge in [0.05, 0.1) is 25.8 Å². The lowest BCUT2D eigenvalue weighted by atomic mass is 10.1. The van der Waals surface area contributed by atoms with E-state index in [4.69, 9.17) is 21.6 Å². The molecule has 0 amide bonds. The Hall–Kier alpha value is -3.04. The monoisotopic (exact) mass is 356 g/mol. The van der Waals surface area contributed by atoms with Crippen LogP contribution in [0.15, 0.2) is 47.4 Å². The zero-order chi connectivity index (χ0) is 18.0. The summed E-state index contributed by atoms with van der Waals surface area (Å²) in [6.45, 7) is 0.242. The summed E-state index contributed by atoms with van der Waals surface area (Å²) in [6, 6.07) is 12.1. The van der Waals surface area contributed by atoms with Crippen molar-refractivity contribution in [1.29, 1.82) is 5.26 Å².